The molecule has 0 saturated carbocycles. The molecular weight excluding hydrogens is 402 g/mol. The van der Waals surface area contributed by atoms with Crippen molar-refractivity contribution in [2.45, 2.75) is 19.3 Å². The first-order valence-corrected chi connectivity index (χ1v) is 10.8. The number of piperazine rings is 1. The minimum atomic E-state index is -0.133. The number of thiazole rings is 1. The normalized spacial score (nSPS) is 14.1. The monoisotopic (exact) mass is 425 g/mol. The lowest BCUT2D eigenvalue weighted by molar-refractivity contribution is -0.132. The summed E-state index contributed by atoms with van der Waals surface area (Å²) in [6, 6.07) is 9.65. The predicted octanol–water partition coefficient (Wildman–Crippen LogP) is 2.72. The number of H-pyrrole nitrogens is 1. The lowest BCUT2D eigenvalue weighted by Crippen LogP contribution is -2.50. The fraction of sp³-hybridized carbons (Fsp3) is 0.333. The van der Waals surface area contributed by atoms with Gasteiger partial charge in [0.05, 0.1) is 0 Å². The minimum Gasteiger partial charge on any atom is -0.351 e. The summed E-state index contributed by atoms with van der Waals surface area (Å²) in [4.78, 5) is 47.8. The van der Waals surface area contributed by atoms with Crippen LogP contribution in [0, 0.1) is 0 Å². The van der Waals surface area contributed by atoms with E-state index in [9.17, 15) is 14.4 Å². The summed E-state index contributed by atoms with van der Waals surface area (Å²) in [5.74, 6) is -0.154. The highest BCUT2D eigenvalue weighted by Crippen LogP contribution is 2.17. The number of nitrogens with zero attached hydrogens (tertiary/aromatic N) is 3. The van der Waals surface area contributed by atoms with E-state index in [1.807, 2.05) is 30.3 Å². The summed E-state index contributed by atoms with van der Waals surface area (Å²) in [6.45, 7) is 2.03. The van der Waals surface area contributed by atoms with Crippen LogP contribution in [-0.2, 0) is 9.59 Å². The smallest absolute Gasteiger partial charge is 0.270 e. The summed E-state index contributed by atoms with van der Waals surface area (Å²) in [5, 5.41) is 6.09. The Bertz CT molecular complexity index is 1010. The molecule has 1 aliphatic rings. The Morgan fingerprint density at radius 2 is 1.83 bits per heavy atom. The highest BCUT2D eigenvalue weighted by molar-refractivity contribution is 7.13. The molecule has 0 bridgehead atoms. The third kappa shape index (κ3) is 4.68. The number of anilines is 1. The number of carbonyl (C=O) groups is 3. The number of fused-ring (bicyclic) bond motifs is 1. The summed E-state index contributed by atoms with van der Waals surface area (Å²) in [7, 11) is 0. The molecule has 156 valence electrons. The number of rotatable bonds is 6. The molecule has 0 aliphatic carbocycles. The van der Waals surface area contributed by atoms with Crippen molar-refractivity contribution < 1.29 is 14.4 Å². The van der Waals surface area contributed by atoms with Gasteiger partial charge in [0.1, 0.15) is 5.69 Å². The van der Waals surface area contributed by atoms with Gasteiger partial charge in [-0.1, -0.05) is 18.2 Å². The molecule has 1 aromatic carbocycles. The average molecular weight is 426 g/mol. The Balaban J connectivity index is 1.21. The van der Waals surface area contributed by atoms with Crippen molar-refractivity contribution in [3.8, 4) is 0 Å². The van der Waals surface area contributed by atoms with Crippen LogP contribution in [0.4, 0.5) is 5.13 Å². The van der Waals surface area contributed by atoms with Crippen molar-refractivity contribution in [3.05, 3.63) is 47.6 Å². The second-order valence-electron chi connectivity index (χ2n) is 7.18. The molecular formula is C21H23N5O3S. The summed E-state index contributed by atoms with van der Waals surface area (Å²) >= 11 is 1.36. The Morgan fingerprint density at radius 3 is 2.57 bits per heavy atom. The molecule has 8 nitrogen and oxygen atoms in total. The van der Waals surface area contributed by atoms with Crippen LogP contribution in [0.2, 0.25) is 0 Å². The molecule has 0 atom stereocenters. The van der Waals surface area contributed by atoms with Crippen LogP contribution >= 0.6 is 11.3 Å². The number of hydrogen-bond acceptors (Lipinski definition) is 5. The first kappa shape index (κ1) is 20.1. The van der Waals surface area contributed by atoms with Gasteiger partial charge in [0.15, 0.2) is 5.13 Å². The van der Waals surface area contributed by atoms with Gasteiger partial charge in [0.2, 0.25) is 11.8 Å². The van der Waals surface area contributed by atoms with Crippen LogP contribution in [0.5, 0.6) is 0 Å². The molecule has 1 saturated heterocycles. The van der Waals surface area contributed by atoms with Gasteiger partial charge < -0.3 is 20.1 Å². The standard InChI is InChI=1S/C21H23N5O3S/c27-18(24-21-22-8-13-30-21)6-3-7-19(28)25-9-11-26(12-10-25)20(29)17-14-15-4-1-2-5-16(15)23-17/h1-2,4-5,8,13-14,23H,3,6-7,9-12H2,(H,22,24,27). The zero-order valence-electron chi connectivity index (χ0n) is 16.5. The van der Waals surface area contributed by atoms with E-state index in [1.54, 1.807) is 21.4 Å². The molecule has 2 N–H and O–H groups in total. The number of benzene rings is 1. The fourth-order valence-electron chi connectivity index (χ4n) is 3.54. The Morgan fingerprint density at radius 1 is 1.07 bits per heavy atom. The number of carbonyl (C=O) groups excluding carboxylic acids is 3. The molecule has 1 aliphatic heterocycles. The lowest BCUT2D eigenvalue weighted by Gasteiger charge is -2.34. The van der Waals surface area contributed by atoms with Gasteiger partial charge in [0.25, 0.3) is 5.91 Å². The van der Waals surface area contributed by atoms with Crippen molar-refractivity contribution >= 4 is 45.1 Å². The van der Waals surface area contributed by atoms with Crippen LogP contribution in [0.1, 0.15) is 29.8 Å². The van der Waals surface area contributed by atoms with Crippen LogP contribution < -0.4 is 5.32 Å². The molecule has 30 heavy (non-hydrogen) atoms. The second kappa shape index (κ2) is 9.08. The second-order valence-corrected chi connectivity index (χ2v) is 8.08. The highest BCUT2D eigenvalue weighted by atomic mass is 32.1. The zero-order valence-corrected chi connectivity index (χ0v) is 17.3. The summed E-state index contributed by atoms with van der Waals surface area (Å²) in [6.07, 6.45) is 2.72. The molecule has 4 rings (SSSR count). The Labute approximate surface area is 177 Å². The maximum atomic E-state index is 12.8. The largest absolute Gasteiger partial charge is 0.351 e. The average Bonchev–Trinajstić information content (AvgIpc) is 3.42. The van der Waals surface area contributed by atoms with E-state index in [4.69, 9.17) is 0 Å². The van der Waals surface area contributed by atoms with E-state index < -0.39 is 0 Å². The number of nitrogens with one attached hydrogen (secondary N) is 2. The molecule has 0 unspecified atom stereocenters. The summed E-state index contributed by atoms with van der Waals surface area (Å²) in [5.41, 5.74) is 1.51. The summed E-state index contributed by atoms with van der Waals surface area (Å²) < 4.78 is 0. The van der Waals surface area contributed by atoms with Gasteiger partial charge in [-0.2, -0.15) is 0 Å². The predicted molar refractivity (Wildman–Crippen MR) is 115 cm³/mol. The maximum absolute atomic E-state index is 12.8. The van der Waals surface area contributed by atoms with E-state index in [0.29, 0.717) is 49.8 Å². The first-order chi connectivity index (χ1) is 14.6. The fourth-order valence-corrected chi connectivity index (χ4v) is 4.09. The van der Waals surface area contributed by atoms with Gasteiger partial charge in [-0.25, -0.2) is 4.98 Å². The number of aromatic nitrogens is 2. The van der Waals surface area contributed by atoms with Crippen LogP contribution in [0.3, 0.4) is 0 Å². The van der Waals surface area contributed by atoms with E-state index >= 15 is 0 Å². The molecule has 9 heteroatoms. The van der Waals surface area contributed by atoms with Crippen molar-refractivity contribution in [1.29, 1.82) is 0 Å². The van der Waals surface area contributed by atoms with Gasteiger partial charge >= 0.3 is 0 Å². The van der Waals surface area contributed by atoms with Crippen LogP contribution in [-0.4, -0.2) is 63.7 Å². The number of amides is 3. The van der Waals surface area contributed by atoms with Gasteiger partial charge in [-0.3, -0.25) is 14.4 Å². The molecule has 2 aromatic heterocycles. The topological polar surface area (TPSA) is 98.4 Å². The van der Waals surface area contributed by atoms with E-state index in [1.165, 1.54) is 11.3 Å². The van der Waals surface area contributed by atoms with Crippen LogP contribution in [0.15, 0.2) is 41.9 Å². The van der Waals surface area contributed by atoms with E-state index in [0.717, 1.165) is 10.9 Å². The number of aromatic amines is 1. The van der Waals surface area contributed by atoms with Gasteiger partial charge in [-0.15, -0.1) is 11.3 Å². The van der Waals surface area contributed by atoms with Gasteiger partial charge in [0, 0.05) is 61.5 Å². The Hall–Kier alpha value is -3.20. The molecule has 3 amide bonds. The zero-order chi connectivity index (χ0) is 20.9. The first-order valence-electron chi connectivity index (χ1n) is 9.94. The Kier molecular flexibility index (Phi) is 6.08. The molecule has 0 radical (unpaired) electrons. The minimum absolute atomic E-state index is 0.0229. The third-order valence-electron chi connectivity index (χ3n) is 5.15. The molecule has 3 heterocycles. The molecule has 0 spiro atoms. The highest BCUT2D eigenvalue weighted by Gasteiger charge is 2.25. The molecule has 3 aromatic rings. The van der Waals surface area contributed by atoms with Crippen molar-refractivity contribution in [3.63, 3.8) is 0 Å². The van der Waals surface area contributed by atoms with Gasteiger partial charge in [-0.05, 0) is 18.6 Å². The maximum Gasteiger partial charge on any atom is 0.270 e. The number of hydrogen-bond donors (Lipinski definition) is 2. The third-order valence-corrected chi connectivity index (χ3v) is 5.84. The quantitative estimate of drug-likeness (QED) is 0.634. The van der Waals surface area contributed by atoms with E-state index in [-0.39, 0.29) is 24.1 Å². The number of para-hydroxylation sites is 1. The van der Waals surface area contributed by atoms with Crippen molar-refractivity contribution in [1.82, 2.24) is 19.8 Å². The van der Waals surface area contributed by atoms with Crippen molar-refractivity contribution in [2.24, 2.45) is 0 Å². The molecule has 1 fully saturated rings. The van der Waals surface area contributed by atoms with E-state index in [2.05, 4.69) is 15.3 Å². The van der Waals surface area contributed by atoms with Crippen LogP contribution in [0.25, 0.3) is 10.9 Å². The lowest BCUT2D eigenvalue weighted by atomic mass is 10.2. The SMILES string of the molecule is O=C(CCCC(=O)N1CCN(C(=O)c2cc3ccccc3[nH]2)CC1)Nc1nccs1. The van der Waals surface area contributed by atoms with Crippen molar-refractivity contribution in [2.75, 3.05) is 31.5 Å².